The summed E-state index contributed by atoms with van der Waals surface area (Å²) in [4.78, 5) is 12.1. The first kappa shape index (κ1) is 16.7. The molecule has 0 saturated carbocycles. The second-order valence-corrected chi connectivity index (χ2v) is 6.59. The maximum Gasteiger partial charge on any atom is 0.221 e. The first-order valence-electron chi connectivity index (χ1n) is 7.26. The number of halogens is 2. The summed E-state index contributed by atoms with van der Waals surface area (Å²) < 4.78 is 15.0. The Labute approximate surface area is 138 Å². The number of benzene rings is 2. The fraction of sp³-hybridized carbons (Fsp3) is 0.278. The van der Waals surface area contributed by atoms with E-state index in [0.29, 0.717) is 16.5 Å². The zero-order valence-corrected chi connectivity index (χ0v) is 14.2. The molecule has 0 fully saturated rings. The Morgan fingerprint density at radius 2 is 1.86 bits per heavy atom. The molecule has 0 aliphatic heterocycles. The Bertz CT molecular complexity index is 643. The van der Waals surface area contributed by atoms with Crippen LogP contribution < -0.4 is 5.32 Å². The van der Waals surface area contributed by atoms with Crippen molar-refractivity contribution in [1.82, 2.24) is 5.32 Å². The van der Waals surface area contributed by atoms with Gasteiger partial charge in [0.05, 0.1) is 6.04 Å². The molecule has 0 saturated heterocycles. The smallest absolute Gasteiger partial charge is 0.221 e. The van der Waals surface area contributed by atoms with Crippen molar-refractivity contribution in [3.05, 3.63) is 69.9 Å². The number of nitrogens with one attached hydrogen (secondary N) is 1. The first-order chi connectivity index (χ1) is 10.5. The van der Waals surface area contributed by atoms with Crippen LogP contribution in [0.3, 0.4) is 0 Å². The van der Waals surface area contributed by atoms with Crippen LogP contribution >= 0.6 is 15.9 Å². The molecule has 0 bridgehead atoms. The van der Waals surface area contributed by atoms with Gasteiger partial charge in [-0.05, 0) is 23.6 Å². The van der Waals surface area contributed by atoms with Crippen LogP contribution in [0.25, 0.3) is 0 Å². The van der Waals surface area contributed by atoms with E-state index in [9.17, 15) is 9.18 Å². The van der Waals surface area contributed by atoms with E-state index in [1.54, 1.807) is 12.1 Å². The first-order valence-corrected chi connectivity index (χ1v) is 8.06. The average molecular weight is 364 g/mol. The van der Waals surface area contributed by atoms with Gasteiger partial charge in [0.2, 0.25) is 5.91 Å². The van der Waals surface area contributed by atoms with Crippen LogP contribution in [0.15, 0.2) is 53.0 Å². The Morgan fingerprint density at radius 1 is 1.18 bits per heavy atom. The van der Waals surface area contributed by atoms with Gasteiger partial charge in [-0.2, -0.15) is 0 Å². The number of carbonyl (C=O) groups is 1. The third-order valence-corrected chi connectivity index (χ3v) is 3.80. The third kappa shape index (κ3) is 4.41. The van der Waals surface area contributed by atoms with Gasteiger partial charge >= 0.3 is 0 Å². The fourth-order valence-corrected chi connectivity index (χ4v) is 2.65. The lowest BCUT2D eigenvalue weighted by Crippen LogP contribution is -2.30. The monoisotopic (exact) mass is 363 g/mol. The van der Waals surface area contributed by atoms with Crippen molar-refractivity contribution >= 4 is 21.8 Å². The topological polar surface area (TPSA) is 29.1 Å². The Morgan fingerprint density at radius 3 is 2.45 bits per heavy atom. The van der Waals surface area contributed by atoms with E-state index >= 15 is 0 Å². The van der Waals surface area contributed by atoms with Gasteiger partial charge in [-0.1, -0.05) is 66.2 Å². The van der Waals surface area contributed by atoms with Gasteiger partial charge < -0.3 is 5.32 Å². The summed E-state index contributed by atoms with van der Waals surface area (Å²) in [6, 6.07) is 13.9. The van der Waals surface area contributed by atoms with Gasteiger partial charge in [0.25, 0.3) is 0 Å². The molecule has 22 heavy (non-hydrogen) atoms. The van der Waals surface area contributed by atoms with Gasteiger partial charge in [-0.3, -0.25) is 4.79 Å². The number of carbonyl (C=O) groups excluding carboxylic acids is 1. The standard InChI is InChI=1S/C18H19BrFNO/c1-12(2)10-17(22)21-18(13-6-4-3-5-7-13)15-9-8-14(19)11-16(15)20/h3-9,11-12,18H,10H2,1-2H3,(H,21,22). The summed E-state index contributed by atoms with van der Waals surface area (Å²) in [5.41, 5.74) is 1.33. The Balaban J connectivity index is 2.35. The summed E-state index contributed by atoms with van der Waals surface area (Å²) in [6.07, 6.45) is 0.418. The van der Waals surface area contributed by atoms with E-state index in [1.165, 1.54) is 6.07 Å². The summed E-state index contributed by atoms with van der Waals surface area (Å²) in [5.74, 6) is -0.162. The molecule has 1 unspecified atom stereocenters. The molecule has 0 spiro atoms. The highest BCUT2D eigenvalue weighted by atomic mass is 79.9. The number of hydrogen-bond acceptors (Lipinski definition) is 1. The van der Waals surface area contributed by atoms with Crippen molar-refractivity contribution in [2.75, 3.05) is 0 Å². The van der Waals surface area contributed by atoms with Crippen molar-refractivity contribution in [2.24, 2.45) is 5.92 Å². The van der Waals surface area contributed by atoms with E-state index in [-0.39, 0.29) is 17.6 Å². The molecular weight excluding hydrogens is 345 g/mol. The summed E-state index contributed by atoms with van der Waals surface area (Å²) in [6.45, 7) is 3.97. The van der Waals surface area contributed by atoms with E-state index in [2.05, 4.69) is 21.2 Å². The number of amides is 1. The average Bonchev–Trinajstić information content (AvgIpc) is 2.45. The Kier molecular flexibility index (Phi) is 5.72. The molecule has 2 nitrogen and oxygen atoms in total. The molecule has 2 rings (SSSR count). The van der Waals surface area contributed by atoms with Gasteiger partial charge in [0.15, 0.2) is 0 Å². The van der Waals surface area contributed by atoms with E-state index in [4.69, 9.17) is 0 Å². The number of hydrogen-bond donors (Lipinski definition) is 1. The van der Waals surface area contributed by atoms with Crippen molar-refractivity contribution in [3.8, 4) is 0 Å². The third-order valence-electron chi connectivity index (χ3n) is 3.31. The molecule has 1 N–H and O–H groups in total. The van der Waals surface area contributed by atoms with E-state index < -0.39 is 6.04 Å². The van der Waals surface area contributed by atoms with Crippen molar-refractivity contribution in [2.45, 2.75) is 26.3 Å². The predicted octanol–water partition coefficient (Wildman–Crippen LogP) is 4.84. The lowest BCUT2D eigenvalue weighted by Gasteiger charge is -2.21. The molecule has 0 heterocycles. The fourth-order valence-electron chi connectivity index (χ4n) is 2.31. The molecule has 2 aromatic rings. The maximum atomic E-state index is 14.3. The molecule has 0 aliphatic rings. The molecule has 116 valence electrons. The van der Waals surface area contributed by atoms with Gasteiger partial charge in [-0.25, -0.2) is 4.39 Å². The molecule has 2 aromatic carbocycles. The van der Waals surface area contributed by atoms with Crippen LogP contribution in [0.5, 0.6) is 0 Å². The van der Waals surface area contributed by atoms with Crippen molar-refractivity contribution in [1.29, 1.82) is 0 Å². The SMILES string of the molecule is CC(C)CC(=O)NC(c1ccccc1)c1ccc(Br)cc1F. The quantitative estimate of drug-likeness (QED) is 0.808. The predicted molar refractivity (Wildman–Crippen MR) is 90.0 cm³/mol. The van der Waals surface area contributed by atoms with Gasteiger partial charge in [0, 0.05) is 16.5 Å². The highest BCUT2D eigenvalue weighted by molar-refractivity contribution is 9.10. The molecule has 0 aromatic heterocycles. The zero-order chi connectivity index (χ0) is 16.1. The van der Waals surface area contributed by atoms with E-state index in [1.807, 2.05) is 44.2 Å². The molecule has 1 atom stereocenters. The van der Waals surface area contributed by atoms with E-state index in [0.717, 1.165) is 5.56 Å². The lowest BCUT2D eigenvalue weighted by atomic mass is 9.97. The summed E-state index contributed by atoms with van der Waals surface area (Å²) in [7, 11) is 0. The minimum atomic E-state index is -0.486. The van der Waals surface area contributed by atoms with Crippen LogP contribution in [-0.4, -0.2) is 5.91 Å². The summed E-state index contributed by atoms with van der Waals surface area (Å²) in [5, 5.41) is 2.95. The van der Waals surface area contributed by atoms with Crippen molar-refractivity contribution in [3.63, 3.8) is 0 Å². The molecule has 1 amide bonds. The van der Waals surface area contributed by atoms with Crippen LogP contribution in [-0.2, 0) is 4.79 Å². The molecular formula is C18H19BrFNO. The molecule has 4 heteroatoms. The second kappa shape index (κ2) is 7.54. The minimum Gasteiger partial charge on any atom is -0.345 e. The van der Waals surface area contributed by atoms with Gasteiger partial charge in [0.1, 0.15) is 5.82 Å². The number of rotatable bonds is 5. The minimum absolute atomic E-state index is 0.0776. The van der Waals surface area contributed by atoms with Crippen LogP contribution in [0, 0.1) is 11.7 Å². The summed E-state index contributed by atoms with van der Waals surface area (Å²) >= 11 is 3.26. The van der Waals surface area contributed by atoms with Gasteiger partial charge in [-0.15, -0.1) is 0 Å². The highest BCUT2D eigenvalue weighted by Gasteiger charge is 2.20. The molecule has 0 radical (unpaired) electrons. The molecule has 0 aliphatic carbocycles. The van der Waals surface area contributed by atoms with Crippen LogP contribution in [0.4, 0.5) is 4.39 Å². The highest BCUT2D eigenvalue weighted by Crippen LogP contribution is 2.26. The zero-order valence-electron chi connectivity index (χ0n) is 12.6. The van der Waals surface area contributed by atoms with Crippen molar-refractivity contribution < 1.29 is 9.18 Å². The maximum absolute atomic E-state index is 14.3. The largest absolute Gasteiger partial charge is 0.345 e. The lowest BCUT2D eigenvalue weighted by molar-refractivity contribution is -0.122. The Hall–Kier alpha value is -1.68. The normalized spacial score (nSPS) is 12.2. The van der Waals surface area contributed by atoms with Crippen LogP contribution in [0.2, 0.25) is 0 Å². The second-order valence-electron chi connectivity index (χ2n) is 5.68. The van der Waals surface area contributed by atoms with Crippen LogP contribution in [0.1, 0.15) is 37.4 Å².